The molecule has 1 heterocycles. The Balaban J connectivity index is 1.69. The van der Waals surface area contributed by atoms with Crippen molar-refractivity contribution >= 4 is 32.6 Å². The van der Waals surface area contributed by atoms with E-state index in [1.165, 1.54) is 12.1 Å². The zero-order valence-electron chi connectivity index (χ0n) is 15.5. The van der Waals surface area contributed by atoms with Crippen LogP contribution in [0.5, 0.6) is 5.75 Å². The van der Waals surface area contributed by atoms with Gasteiger partial charge in [-0.3, -0.25) is 0 Å². The standard InChI is InChI=1S/C21H18N4O3S/c1-28-19-12-15(14-5-3-2-4-6-14)11-16-13-23-21(25-20(16)19)24-17-7-9-18(10-8-17)29(22,26)27/h2-13H,1H3,(H2,22,26,27)(H,23,24,25). The van der Waals surface area contributed by atoms with Gasteiger partial charge in [-0.25, -0.2) is 23.5 Å². The van der Waals surface area contributed by atoms with Crippen molar-refractivity contribution in [2.24, 2.45) is 5.14 Å². The Labute approximate surface area is 168 Å². The van der Waals surface area contributed by atoms with Crippen molar-refractivity contribution in [3.63, 3.8) is 0 Å². The summed E-state index contributed by atoms with van der Waals surface area (Å²) in [6.45, 7) is 0. The molecule has 0 aliphatic carbocycles. The molecule has 0 bridgehead atoms. The first-order chi connectivity index (χ1) is 13.9. The summed E-state index contributed by atoms with van der Waals surface area (Å²) >= 11 is 0. The average molecular weight is 406 g/mol. The third kappa shape index (κ3) is 4.03. The van der Waals surface area contributed by atoms with Gasteiger partial charge in [-0.2, -0.15) is 0 Å². The van der Waals surface area contributed by atoms with Gasteiger partial charge in [-0.15, -0.1) is 0 Å². The Kier molecular flexibility index (Phi) is 4.87. The van der Waals surface area contributed by atoms with Crippen molar-refractivity contribution in [2.75, 3.05) is 12.4 Å². The molecule has 0 radical (unpaired) electrons. The summed E-state index contributed by atoms with van der Waals surface area (Å²) in [5, 5.41) is 9.03. The van der Waals surface area contributed by atoms with Crippen molar-refractivity contribution in [3.8, 4) is 16.9 Å². The number of sulfonamides is 1. The number of nitrogens with zero attached hydrogens (tertiary/aromatic N) is 2. The lowest BCUT2D eigenvalue weighted by molar-refractivity contribution is 0.419. The lowest BCUT2D eigenvalue weighted by Crippen LogP contribution is -2.11. The van der Waals surface area contributed by atoms with Crippen molar-refractivity contribution in [2.45, 2.75) is 4.90 Å². The van der Waals surface area contributed by atoms with Gasteiger partial charge in [0.25, 0.3) is 0 Å². The van der Waals surface area contributed by atoms with Gasteiger partial charge in [0.15, 0.2) is 0 Å². The number of hydrogen-bond donors (Lipinski definition) is 2. The van der Waals surface area contributed by atoms with Gasteiger partial charge in [-0.1, -0.05) is 30.3 Å². The van der Waals surface area contributed by atoms with E-state index in [0.29, 0.717) is 22.9 Å². The largest absolute Gasteiger partial charge is 0.494 e. The van der Waals surface area contributed by atoms with E-state index in [1.54, 1.807) is 25.4 Å². The molecule has 3 aromatic carbocycles. The molecule has 0 amide bonds. The first kappa shape index (κ1) is 18.9. The van der Waals surface area contributed by atoms with E-state index in [-0.39, 0.29) is 4.90 Å². The maximum Gasteiger partial charge on any atom is 0.238 e. The average Bonchev–Trinajstić information content (AvgIpc) is 2.73. The zero-order chi connectivity index (χ0) is 20.4. The van der Waals surface area contributed by atoms with Crippen molar-refractivity contribution in [1.82, 2.24) is 9.97 Å². The molecule has 4 aromatic rings. The molecule has 0 aliphatic rings. The van der Waals surface area contributed by atoms with Crippen LogP contribution < -0.4 is 15.2 Å². The molecule has 0 saturated carbocycles. The topological polar surface area (TPSA) is 107 Å². The van der Waals surface area contributed by atoms with Crippen LogP contribution in [-0.2, 0) is 10.0 Å². The predicted octanol–water partition coefficient (Wildman–Crippen LogP) is 3.70. The minimum Gasteiger partial charge on any atom is -0.494 e. The normalized spacial score (nSPS) is 11.4. The number of rotatable bonds is 5. The summed E-state index contributed by atoms with van der Waals surface area (Å²) in [5.74, 6) is 1.00. The Morgan fingerprint density at radius 1 is 0.966 bits per heavy atom. The van der Waals surface area contributed by atoms with Gasteiger partial charge >= 0.3 is 0 Å². The van der Waals surface area contributed by atoms with Crippen molar-refractivity contribution in [3.05, 3.63) is 72.9 Å². The molecule has 0 unspecified atom stereocenters. The highest BCUT2D eigenvalue weighted by molar-refractivity contribution is 7.89. The molecule has 1 aromatic heterocycles. The fourth-order valence-electron chi connectivity index (χ4n) is 2.98. The molecule has 0 atom stereocenters. The second kappa shape index (κ2) is 7.50. The number of nitrogens with two attached hydrogens (primary N) is 1. The lowest BCUT2D eigenvalue weighted by Gasteiger charge is -2.11. The molecule has 0 aliphatic heterocycles. The minimum absolute atomic E-state index is 0.0394. The zero-order valence-corrected chi connectivity index (χ0v) is 16.3. The number of ether oxygens (including phenoxy) is 1. The highest BCUT2D eigenvalue weighted by atomic mass is 32.2. The summed E-state index contributed by atoms with van der Waals surface area (Å²) in [4.78, 5) is 8.96. The number of primary sulfonamides is 1. The summed E-state index contributed by atoms with van der Waals surface area (Å²) in [5.41, 5.74) is 3.39. The highest BCUT2D eigenvalue weighted by Crippen LogP contribution is 2.32. The van der Waals surface area contributed by atoms with E-state index in [1.807, 2.05) is 42.5 Å². The minimum atomic E-state index is -3.73. The predicted molar refractivity (Wildman–Crippen MR) is 113 cm³/mol. The van der Waals surface area contributed by atoms with Crippen LogP contribution in [0.1, 0.15) is 0 Å². The number of aromatic nitrogens is 2. The Morgan fingerprint density at radius 2 is 1.69 bits per heavy atom. The van der Waals surface area contributed by atoms with Crippen LogP contribution >= 0.6 is 0 Å². The first-order valence-corrected chi connectivity index (χ1v) is 10.3. The van der Waals surface area contributed by atoms with Crippen LogP contribution in [0.4, 0.5) is 11.6 Å². The molecule has 29 heavy (non-hydrogen) atoms. The molecular weight excluding hydrogens is 388 g/mol. The Hall–Kier alpha value is -3.49. The van der Waals surface area contributed by atoms with E-state index in [9.17, 15) is 8.42 Å². The van der Waals surface area contributed by atoms with E-state index < -0.39 is 10.0 Å². The molecule has 146 valence electrons. The number of nitrogens with one attached hydrogen (secondary N) is 1. The van der Waals surface area contributed by atoms with Crippen LogP contribution in [0, 0.1) is 0 Å². The van der Waals surface area contributed by atoms with E-state index in [2.05, 4.69) is 15.3 Å². The Morgan fingerprint density at radius 3 is 2.34 bits per heavy atom. The molecule has 4 rings (SSSR count). The molecule has 0 spiro atoms. The maximum atomic E-state index is 11.4. The van der Waals surface area contributed by atoms with Gasteiger partial charge in [0.2, 0.25) is 16.0 Å². The second-order valence-electron chi connectivity index (χ2n) is 6.37. The summed E-state index contributed by atoms with van der Waals surface area (Å²) in [6.07, 6.45) is 1.72. The molecule has 3 N–H and O–H groups in total. The van der Waals surface area contributed by atoms with Crippen molar-refractivity contribution in [1.29, 1.82) is 0 Å². The van der Waals surface area contributed by atoms with Crippen LogP contribution in [0.3, 0.4) is 0 Å². The van der Waals surface area contributed by atoms with E-state index in [0.717, 1.165) is 16.5 Å². The van der Waals surface area contributed by atoms with Crippen molar-refractivity contribution < 1.29 is 13.2 Å². The van der Waals surface area contributed by atoms with Gasteiger partial charge in [-0.05, 0) is 47.5 Å². The summed E-state index contributed by atoms with van der Waals surface area (Å²) < 4.78 is 28.3. The molecule has 7 nitrogen and oxygen atoms in total. The molecule has 0 fully saturated rings. The maximum absolute atomic E-state index is 11.4. The second-order valence-corrected chi connectivity index (χ2v) is 7.93. The number of anilines is 2. The third-order valence-corrected chi connectivity index (χ3v) is 5.34. The molecular formula is C21H18N4O3S. The lowest BCUT2D eigenvalue weighted by atomic mass is 10.0. The smallest absolute Gasteiger partial charge is 0.238 e. The summed E-state index contributed by atoms with van der Waals surface area (Å²) in [6, 6.07) is 20.0. The molecule has 8 heteroatoms. The van der Waals surface area contributed by atoms with Crippen LogP contribution in [0.15, 0.2) is 77.8 Å². The SMILES string of the molecule is COc1cc(-c2ccccc2)cc2cnc(Nc3ccc(S(N)(=O)=O)cc3)nc12. The fourth-order valence-corrected chi connectivity index (χ4v) is 3.50. The number of methoxy groups -OCH3 is 1. The third-order valence-electron chi connectivity index (χ3n) is 4.41. The van der Waals surface area contributed by atoms with Crippen LogP contribution in [0.2, 0.25) is 0 Å². The van der Waals surface area contributed by atoms with Crippen LogP contribution in [0.25, 0.3) is 22.0 Å². The fraction of sp³-hybridized carbons (Fsp3) is 0.0476. The summed E-state index contributed by atoms with van der Waals surface area (Å²) in [7, 11) is -2.13. The number of benzene rings is 3. The first-order valence-electron chi connectivity index (χ1n) is 8.74. The van der Waals surface area contributed by atoms with Gasteiger partial charge in [0, 0.05) is 17.3 Å². The monoisotopic (exact) mass is 406 g/mol. The number of hydrogen-bond acceptors (Lipinski definition) is 6. The Bertz CT molecular complexity index is 1270. The van der Waals surface area contributed by atoms with Gasteiger partial charge in [0.1, 0.15) is 11.3 Å². The number of fused-ring (bicyclic) bond motifs is 1. The quantitative estimate of drug-likeness (QED) is 0.523. The molecule has 0 saturated heterocycles. The van der Waals surface area contributed by atoms with E-state index >= 15 is 0 Å². The van der Waals surface area contributed by atoms with E-state index in [4.69, 9.17) is 9.88 Å². The van der Waals surface area contributed by atoms with Gasteiger partial charge < -0.3 is 10.1 Å². The highest BCUT2D eigenvalue weighted by Gasteiger charge is 2.11. The van der Waals surface area contributed by atoms with Gasteiger partial charge in [0.05, 0.1) is 12.0 Å². The van der Waals surface area contributed by atoms with Crippen LogP contribution in [-0.4, -0.2) is 25.5 Å².